The SMILES string of the molecule is CCN(CC)C(CN[C@H]1CS(=O)(=O)C[C@@H]1S(=O)(=O)c1ccc(C)cc1)c1cccs1. The van der Waals surface area contributed by atoms with Gasteiger partial charge in [-0.2, -0.15) is 0 Å². The first-order valence-electron chi connectivity index (χ1n) is 10.2. The third kappa shape index (κ3) is 5.13. The maximum absolute atomic E-state index is 13.3. The van der Waals surface area contributed by atoms with Crippen molar-refractivity contribution >= 4 is 31.0 Å². The average Bonchev–Trinajstić information content (AvgIpc) is 3.33. The molecule has 1 unspecified atom stereocenters. The van der Waals surface area contributed by atoms with Crippen molar-refractivity contribution in [2.75, 3.05) is 31.1 Å². The van der Waals surface area contributed by atoms with Gasteiger partial charge in [-0.05, 0) is 43.6 Å². The van der Waals surface area contributed by atoms with Crippen LogP contribution in [0.1, 0.15) is 30.3 Å². The fraction of sp³-hybridized carbons (Fsp3) is 0.524. The standard InChI is InChI=1S/C21H30N2O4S3/c1-4-23(5-2)19(20-7-6-12-28-20)13-22-18-14-29(24,25)15-21(18)30(26,27)17-10-8-16(3)9-11-17/h6-12,18-19,21-22H,4-5,13-15H2,1-3H3/t18-,19?,21-/m0/s1. The Balaban J connectivity index is 1.84. The molecule has 1 aromatic carbocycles. The number of thiophene rings is 1. The topological polar surface area (TPSA) is 83.6 Å². The fourth-order valence-corrected chi connectivity index (χ4v) is 9.61. The molecule has 1 fully saturated rings. The van der Waals surface area contributed by atoms with E-state index < -0.39 is 31.0 Å². The van der Waals surface area contributed by atoms with Crippen molar-refractivity contribution in [3.05, 3.63) is 52.2 Å². The molecule has 0 saturated carbocycles. The second kappa shape index (κ2) is 9.48. The number of nitrogens with one attached hydrogen (secondary N) is 1. The van der Waals surface area contributed by atoms with Crippen molar-refractivity contribution < 1.29 is 16.8 Å². The van der Waals surface area contributed by atoms with Crippen molar-refractivity contribution in [2.45, 2.75) is 43.0 Å². The summed E-state index contributed by atoms with van der Waals surface area (Å²) >= 11 is 1.66. The highest BCUT2D eigenvalue weighted by molar-refractivity contribution is 7.96. The van der Waals surface area contributed by atoms with Crippen LogP contribution in [0.2, 0.25) is 0 Å². The first-order chi connectivity index (χ1) is 14.2. The second-order valence-electron chi connectivity index (χ2n) is 7.74. The van der Waals surface area contributed by atoms with E-state index in [1.54, 1.807) is 35.6 Å². The molecule has 6 nitrogen and oxygen atoms in total. The Morgan fingerprint density at radius 3 is 2.37 bits per heavy atom. The molecule has 0 spiro atoms. The third-order valence-corrected chi connectivity index (χ3v) is 10.9. The summed E-state index contributed by atoms with van der Waals surface area (Å²) in [5.41, 5.74) is 0.959. The smallest absolute Gasteiger partial charge is 0.183 e. The minimum absolute atomic E-state index is 0.0750. The Morgan fingerprint density at radius 1 is 1.13 bits per heavy atom. The van der Waals surface area contributed by atoms with E-state index in [1.165, 1.54) is 4.88 Å². The zero-order valence-corrected chi connectivity index (χ0v) is 20.1. The molecule has 1 aliphatic rings. The van der Waals surface area contributed by atoms with Crippen molar-refractivity contribution in [2.24, 2.45) is 0 Å². The van der Waals surface area contributed by atoms with Crippen molar-refractivity contribution in [1.82, 2.24) is 10.2 Å². The van der Waals surface area contributed by atoms with Crippen LogP contribution in [0.4, 0.5) is 0 Å². The molecular weight excluding hydrogens is 440 g/mol. The van der Waals surface area contributed by atoms with Crippen LogP contribution < -0.4 is 5.32 Å². The summed E-state index contributed by atoms with van der Waals surface area (Å²) in [4.78, 5) is 3.66. The average molecular weight is 471 g/mol. The summed E-state index contributed by atoms with van der Waals surface area (Å²) in [6.45, 7) is 8.29. The molecule has 2 aromatic rings. The van der Waals surface area contributed by atoms with Crippen LogP contribution in [0.15, 0.2) is 46.7 Å². The summed E-state index contributed by atoms with van der Waals surface area (Å²) in [5.74, 6) is -0.492. The van der Waals surface area contributed by atoms with Crippen LogP contribution in [0.25, 0.3) is 0 Å². The molecule has 0 aliphatic carbocycles. The normalized spacial score (nSPS) is 22.4. The molecule has 1 saturated heterocycles. The van der Waals surface area contributed by atoms with Crippen LogP contribution in [0, 0.1) is 6.92 Å². The van der Waals surface area contributed by atoms with Gasteiger partial charge < -0.3 is 5.32 Å². The molecule has 0 radical (unpaired) electrons. The molecule has 2 heterocycles. The molecule has 0 amide bonds. The largest absolute Gasteiger partial charge is 0.310 e. The number of nitrogens with zero attached hydrogens (tertiary/aromatic N) is 1. The number of rotatable bonds is 9. The Kier molecular flexibility index (Phi) is 7.40. The molecule has 3 atom stereocenters. The molecule has 1 aliphatic heterocycles. The lowest BCUT2D eigenvalue weighted by Gasteiger charge is -2.31. The van der Waals surface area contributed by atoms with Gasteiger partial charge in [-0.15, -0.1) is 11.3 Å². The van der Waals surface area contributed by atoms with E-state index >= 15 is 0 Å². The van der Waals surface area contributed by atoms with Gasteiger partial charge in [0.05, 0.1) is 27.7 Å². The Morgan fingerprint density at radius 2 is 1.80 bits per heavy atom. The van der Waals surface area contributed by atoms with E-state index in [4.69, 9.17) is 0 Å². The fourth-order valence-electron chi connectivity index (χ4n) is 4.03. The van der Waals surface area contributed by atoms with Gasteiger partial charge in [-0.1, -0.05) is 37.6 Å². The van der Waals surface area contributed by atoms with Gasteiger partial charge >= 0.3 is 0 Å². The van der Waals surface area contributed by atoms with Gasteiger partial charge in [0.15, 0.2) is 19.7 Å². The zero-order valence-electron chi connectivity index (χ0n) is 17.6. The Labute approximate surface area is 184 Å². The molecule has 166 valence electrons. The van der Waals surface area contributed by atoms with Gasteiger partial charge in [0.25, 0.3) is 0 Å². The van der Waals surface area contributed by atoms with Gasteiger partial charge in [0, 0.05) is 17.5 Å². The number of hydrogen-bond acceptors (Lipinski definition) is 7. The van der Waals surface area contributed by atoms with Gasteiger partial charge in [0.1, 0.15) is 0 Å². The van der Waals surface area contributed by atoms with E-state index in [-0.39, 0.29) is 22.4 Å². The van der Waals surface area contributed by atoms with Crippen LogP contribution in [-0.2, 0) is 19.7 Å². The van der Waals surface area contributed by atoms with Crippen LogP contribution in [0.5, 0.6) is 0 Å². The quantitative estimate of drug-likeness (QED) is 0.607. The lowest BCUT2D eigenvalue weighted by molar-refractivity contribution is 0.212. The summed E-state index contributed by atoms with van der Waals surface area (Å²) in [7, 11) is -7.19. The minimum Gasteiger partial charge on any atom is -0.310 e. The van der Waals surface area contributed by atoms with E-state index in [2.05, 4.69) is 30.1 Å². The summed E-state index contributed by atoms with van der Waals surface area (Å²) in [5, 5.41) is 4.36. The van der Waals surface area contributed by atoms with Crippen molar-refractivity contribution in [3.63, 3.8) is 0 Å². The summed E-state index contributed by atoms with van der Waals surface area (Å²) in [6, 6.07) is 10.1. The number of benzene rings is 1. The summed E-state index contributed by atoms with van der Waals surface area (Å²) < 4.78 is 51.3. The maximum atomic E-state index is 13.3. The van der Waals surface area contributed by atoms with Gasteiger partial charge in [0.2, 0.25) is 0 Å². The molecule has 9 heteroatoms. The summed E-state index contributed by atoms with van der Waals surface area (Å²) in [6.07, 6.45) is 0. The van der Waals surface area contributed by atoms with Crippen LogP contribution in [-0.4, -0.2) is 64.2 Å². The van der Waals surface area contributed by atoms with E-state index in [9.17, 15) is 16.8 Å². The molecule has 30 heavy (non-hydrogen) atoms. The zero-order chi connectivity index (χ0) is 21.9. The van der Waals surface area contributed by atoms with E-state index in [0.717, 1.165) is 18.7 Å². The number of aryl methyl sites for hydroxylation is 1. The van der Waals surface area contributed by atoms with Crippen LogP contribution in [0.3, 0.4) is 0 Å². The molecule has 1 aromatic heterocycles. The highest BCUT2D eigenvalue weighted by Gasteiger charge is 2.45. The Hall–Kier alpha value is -1.26. The van der Waals surface area contributed by atoms with Crippen molar-refractivity contribution in [3.8, 4) is 0 Å². The molecule has 0 bridgehead atoms. The number of hydrogen-bond donors (Lipinski definition) is 1. The highest BCUT2D eigenvalue weighted by Crippen LogP contribution is 2.28. The monoisotopic (exact) mass is 470 g/mol. The second-order valence-corrected chi connectivity index (χ2v) is 13.0. The number of sulfone groups is 2. The first kappa shape index (κ1) is 23.4. The highest BCUT2D eigenvalue weighted by atomic mass is 32.2. The maximum Gasteiger partial charge on any atom is 0.183 e. The lowest BCUT2D eigenvalue weighted by Crippen LogP contribution is -2.46. The predicted molar refractivity (Wildman–Crippen MR) is 123 cm³/mol. The van der Waals surface area contributed by atoms with Gasteiger partial charge in [-0.3, -0.25) is 4.90 Å². The van der Waals surface area contributed by atoms with E-state index in [0.29, 0.717) is 6.54 Å². The first-order valence-corrected chi connectivity index (χ1v) is 14.4. The van der Waals surface area contributed by atoms with Crippen molar-refractivity contribution in [1.29, 1.82) is 0 Å². The number of likely N-dealkylation sites (N-methyl/N-ethyl adjacent to an activating group) is 1. The minimum atomic E-state index is -3.76. The Bertz CT molecular complexity index is 1030. The third-order valence-electron chi connectivity index (χ3n) is 5.75. The van der Waals surface area contributed by atoms with E-state index in [1.807, 2.05) is 18.4 Å². The van der Waals surface area contributed by atoms with Gasteiger partial charge in [-0.25, -0.2) is 16.8 Å². The molecule has 3 rings (SSSR count). The predicted octanol–water partition coefficient (Wildman–Crippen LogP) is 2.67. The molecule has 1 N–H and O–H groups in total. The molecular formula is C21H30N2O4S3. The van der Waals surface area contributed by atoms with Crippen LogP contribution >= 0.6 is 11.3 Å². The lowest BCUT2D eigenvalue weighted by atomic mass is 10.1.